The average Bonchev–Trinajstić information content (AvgIpc) is 2.43. The molecule has 3 atom stereocenters. The van der Waals surface area contributed by atoms with Crippen LogP contribution in [0.2, 0.25) is 0 Å². The summed E-state index contributed by atoms with van der Waals surface area (Å²) in [5.74, 6) is 1.97. The van der Waals surface area contributed by atoms with E-state index in [1.807, 2.05) is 0 Å². The molecule has 0 N–H and O–H groups in total. The molecule has 0 heterocycles. The van der Waals surface area contributed by atoms with Crippen molar-refractivity contribution in [2.24, 2.45) is 28.1 Å². The van der Waals surface area contributed by atoms with E-state index in [0.29, 0.717) is 16.2 Å². The molecule has 0 aromatic heterocycles. The summed E-state index contributed by atoms with van der Waals surface area (Å²) in [6.45, 7) is 14.8. The summed E-state index contributed by atoms with van der Waals surface area (Å²) in [5, 5.41) is 0. The molecule has 3 unspecified atom stereocenters. The Labute approximate surface area is 95.8 Å². The predicted octanol–water partition coefficient (Wildman–Crippen LogP) is 4.89. The fourth-order valence-corrected chi connectivity index (χ4v) is 4.20. The zero-order valence-corrected chi connectivity index (χ0v) is 11.5. The van der Waals surface area contributed by atoms with Crippen LogP contribution in [0.25, 0.3) is 0 Å². The Morgan fingerprint density at radius 2 is 1.67 bits per heavy atom. The Bertz CT molecular complexity index is 261. The lowest BCUT2D eigenvalue weighted by Gasteiger charge is -2.47. The van der Waals surface area contributed by atoms with Gasteiger partial charge in [-0.15, -0.1) is 0 Å². The van der Waals surface area contributed by atoms with Gasteiger partial charge >= 0.3 is 0 Å². The van der Waals surface area contributed by atoms with E-state index in [4.69, 9.17) is 0 Å². The minimum absolute atomic E-state index is 0.570. The monoisotopic (exact) mass is 208 g/mol. The zero-order chi connectivity index (χ0) is 11.5. The van der Waals surface area contributed by atoms with Crippen molar-refractivity contribution in [3.8, 4) is 0 Å². The molecule has 0 spiro atoms. The van der Waals surface area contributed by atoms with Crippen LogP contribution in [0.1, 0.15) is 67.2 Å². The van der Waals surface area contributed by atoms with Crippen molar-refractivity contribution in [3.05, 3.63) is 0 Å². The predicted molar refractivity (Wildman–Crippen MR) is 66.8 cm³/mol. The first-order chi connectivity index (χ1) is 6.68. The highest BCUT2D eigenvalue weighted by atomic mass is 14.6. The number of hydrogen-bond donors (Lipinski definition) is 0. The lowest BCUT2D eigenvalue weighted by atomic mass is 9.58. The van der Waals surface area contributed by atoms with E-state index in [0.717, 1.165) is 11.8 Å². The molecule has 88 valence electrons. The molecule has 15 heavy (non-hydrogen) atoms. The van der Waals surface area contributed by atoms with Crippen LogP contribution in [0.15, 0.2) is 0 Å². The summed E-state index contributed by atoms with van der Waals surface area (Å²) < 4.78 is 0. The molecular weight excluding hydrogens is 180 g/mol. The van der Waals surface area contributed by atoms with Crippen molar-refractivity contribution >= 4 is 0 Å². The van der Waals surface area contributed by atoms with Gasteiger partial charge in [0.1, 0.15) is 0 Å². The largest absolute Gasteiger partial charge is 0.0622 e. The molecule has 0 aromatic rings. The van der Waals surface area contributed by atoms with Crippen LogP contribution in [0.4, 0.5) is 0 Å². The molecule has 2 saturated carbocycles. The van der Waals surface area contributed by atoms with Crippen molar-refractivity contribution in [2.45, 2.75) is 67.2 Å². The first-order valence-electron chi connectivity index (χ1n) is 6.68. The van der Waals surface area contributed by atoms with E-state index in [-0.39, 0.29) is 0 Å². The first-order valence-corrected chi connectivity index (χ1v) is 6.68. The average molecular weight is 208 g/mol. The van der Waals surface area contributed by atoms with Crippen LogP contribution in [0, 0.1) is 28.1 Å². The molecule has 0 radical (unpaired) electrons. The van der Waals surface area contributed by atoms with Gasteiger partial charge in [-0.25, -0.2) is 0 Å². The van der Waals surface area contributed by atoms with Crippen LogP contribution in [0.5, 0.6) is 0 Å². The lowest BCUT2D eigenvalue weighted by molar-refractivity contribution is 0.0277. The van der Waals surface area contributed by atoms with Gasteiger partial charge in [0.15, 0.2) is 0 Å². The smallest absolute Gasteiger partial charge is 0.0264 e. The Hall–Kier alpha value is 0. The quantitative estimate of drug-likeness (QED) is 0.620. The summed E-state index contributed by atoms with van der Waals surface area (Å²) in [7, 11) is 0. The van der Waals surface area contributed by atoms with Gasteiger partial charge < -0.3 is 0 Å². The SMILES string of the molecule is CC1CCC1C(C)(C)CC1(C)CC1(C)C. The van der Waals surface area contributed by atoms with E-state index in [9.17, 15) is 0 Å². The topological polar surface area (TPSA) is 0 Å². The third-order valence-electron chi connectivity index (χ3n) is 5.81. The van der Waals surface area contributed by atoms with Crippen LogP contribution in [-0.4, -0.2) is 0 Å². The van der Waals surface area contributed by atoms with E-state index >= 15 is 0 Å². The van der Waals surface area contributed by atoms with Crippen LogP contribution >= 0.6 is 0 Å². The number of rotatable bonds is 3. The van der Waals surface area contributed by atoms with Gasteiger partial charge in [0, 0.05) is 0 Å². The Morgan fingerprint density at radius 3 is 1.93 bits per heavy atom. The second-order valence-corrected chi connectivity index (χ2v) is 7.95. The molecule has 0 nitrogen and oxygen atoms in total. The molecule has 0 amide bonds. The van der Waals surface area contributed by atoms with Gasteiger partial charge in [-0.2, -0.15) is 0 Å². The molecule has 0 bridgehead atoms. The highest BCUT2D eigenvalue weighted by Crippen LogP contribution is 2.69. The molecule has 0 heteroatoms. The van der Waals surface area contributed by atoms with E-state index in [1.54, 1.807) is 0 Å². The van der Waals surface area contributed by atoms with E-state index in [2.05, 4.69) is 41.5 Å². The second kappa shape index (κ2) is 3.02. The molecule has 0 saturated heterocycles. The minimum atomic E-state index is 0.570. The van der Waals surface area contributed by atoms with Crippen molar-refractivity contribution in [2.75, 3.05) is 0 Å². The van der Waals surface area contributed by atoms with Gasteiger partial charge in [0.05, 0.1) is 0 Å². The Morgan fingerprint density at radius 1 is 1.13 bits per heavy atom. The van der Waals surface area contributed by atoms with Gasteiger partial charge in [-0.3, -0.25) is 0 Å². The fourth-order valence-electron chi connectivity index (χ4n) is 4.20. The van der Waals surface area contributed by atoms with Crippen LogP contribution < -0.4 is 0 Å². The fraction of sp³-hybridized carbons (Fsp3) is 1.00. The maximum Gasteiger partial charge on any atom is -0.0264 e. The molecule has 2 aliphatic carbocycles. The second-order valence-electron chi connectivity index (χ2n) is 7.95. The van der Waals surface area contributed by atoms with Gasteiger partial charge in [0.25, 0.3) is 0 Å². The van der Waals surface area contributed by atoms with Gasteiger partial charge in [0.2, 0.25) is 0 Å². The summed E-state index contributed by atoms with van der Waals surface area (Å²) in [5.41, 5.74) is 1.81. The minimum Gasteiger partial charge on any atom is -0.0622 e. The van der Waals surface area contributed by atoms with Crippen molar-refractivity contribution in [1.29, 1.82) is 0 Å². The molecule has 0 aromatic carbocycles. The van der Waals surface area contributed by atoms with Crippen LogP contribution in [-0.2, 0) is 0 Å². The molecule has 2 aliphatic rings. The van der Waals surface area contributed by atoms with Crippen molar-refractivity contribution in [3.63, 3.8) is 0 Å². The third-order valence-corrected chi connectivity index (χ3v) is 5.81. The van der Waals surface area contributed by atoms with Gasteiger partial charge in [-0.05, 0) is 47.3 Å². The summed E-state index contributed by atoms with van der Waals surface area (Å²) in [6, 6.07) is 0. The lowest BCUT2D eigenvalue weighted by Crippen LogP contribution is -2.38. The van der Waals surface area contributed by atoms with Crippen molar-refractivity contribution < 1.29 is 0 Å². The highest BCUT2D eigenvalue weighted by molar-refractivity contribution is 5.09. The first kappa shape index (κ1) is 11.5. The van der Waals surface area contributed by atoms with Crippen molar-refractivity contribution in [1.82, 2.24) is 0 Å². The maximum atomic E-state index is 2.51. The maximum absolute atomic E-state index is 2.51. The summed E-state index contributed by atoms with van der Waals surface area (Å²) in [6.07, 6.45) is 5.81. The Balaban J connectivity index is 1.99. The Kier molecular flexibility index (Phi) is 2.31. The molecule has 2 rings (SSSR count). The summed E-state index contributed by atoms with van der Waals surface area (Å²) in [4.78, 5) is 0. The third kappa shape index (κ3) is 1.74. The number of hydrogen-bond acceptors (Lipinski definition) is 0. The molecule has 2 fully saturated rings. The van der Waals surface area contributed by atoms with Crippen LogP contribution in [0.3, 0.4) is 0 Å². The van der Waals surface area contributed by atoms with E-state index < -0.39 is 0 Å². The normalized spacial score (nSPS) is 43.6. The zero-order valence-electron chi connectivity index (χ0n) is 11.5. The highest BCUT2D eigenvalue weighted by Gasteiger charge is 2.59. The van der Waals surface area contributed by atoms with Gasteiger partial charge in [-0.1, -0.05) is 48.0 Å². The van der Waals surface area contributed by atoms with E-state index in [1.165, 1.54) is 25.7 Å². The molecule has 0 aliphatic heterocycles. The summed E-state index contributed by atoms with van der Waals surface area (Å²) >= 11 is 0. The molecular formula is C15H28. The standard InChI is InChI=1S/C15H28/c1-11-7-8-12(11)13(2,3)9-15(6)10-14(15,4)5/h11-12H,7-10H2,1-6H3.